The zero-order valence-corrected chi connectivity index (χ0v) is 46.2. The lowest BCUT2D eigenvalue weighted by atomic mass is 10.0. The smallest absolute Gasteiger partial charge is 0.220 e. The van der Waals surface area contributed by atoms with E-state index in [2.05, 4.69) is 153 Å². The molecule has 2 unspecified atom stereocenters. The van der Waals surface area contributed by atoms with Crippen molar-refractivity contribution < 1.29 is 15.0 Å². The number of hydrogen-bond donors (Lipinski definition) is 3. The number of amides is 1. The maximum atomic E-state index is 12.5. The third-order valence-corrected chi connectivity index (χ3v) is 12.6. The van der Waals surface area contributed by atoms with Crippen molar-refractivity contribution in [1.29, 1.82) is 0 Å². The van der Waals surface area contributed by atoms with Crippen LogP contribution in [0, 0.1) is 0 Å². The summed E-state index contributed by atoms with van der Waals surface area (Å²) in [5.41, 5.74) is 0. The zero-order chi connectivity index (χ0) is 51.3. The molecule has 0 aromatic carbocycles. The summed E-state index contributed by atoms with van der Waals surface area (Å²) >= 11 is 0. The first kappa shape index (κ1) is 67.3. The summed E-state index contributed by atoms with van der Waals surface area (Å²) in [5, 5.41) is 23.2. The Morgan fingerprint density at radius 2 is 0.620 bits per heavy atom. The molecule has 0 aromatic rings. The van der Waals surface area contributed by atoms with Gasteiger partial charge in [0.05, 0.1) is 18.8 Å². The second kappa shape index (κ2) is 60.6. The maximum absolute atomic E-state index is 12.5. The van der Waals surface area contributed by atoms with Gasteiger partial charge in [-0.1, -0.05) is 288 Å². The predicted octanol–water partition coefficient (Wildman–Crippen LogP) is 20.0. The van der Waals surface area contributed by atoms with E-state index in [1.54, 1.807) is 6.08 Å². The van der Waals surface area contributed by atoms with Crippen LogP contribution in [-0.4, -0.2) is 34.9 Å². The molecule has 3 N–H and O–H groups in total. The molecule has 0 saturated carbocycles. The summed E-state index contributed by atoms with van der Waals surface area (Å²) in [6.07, 6.45) is 95.7. The first-order valence-corrected chi connectivity index (χ1v) is 29.5. The van der Waals surface area contributed by atoms with Gasteiger partial charge < -0.3 is 15.5 Å². The Hall–Kier alpha value is -3.73. The number of nitrogens with one attached hydrogen (secondary N) is 1. The average molecular weight is 979 g/mol. The van der Waals surface area contributed by atoms with Crippen LogP contribution in [0.3, 0.4) is 0 Å². The van der Waals surface area contributed by atoms with E-state index in [1.807, 2.05) is 6.08 Å². The quantitative estimate of drug-likeness (QED) is 0.0420. The molecule has 0 fully saturated rings. The van der Waals surface area contributed by atoms with E-state index in [1.165, 1.54) is 122 Å². The normalized spacial score (nSPS) is 13.9. The Morgan fingerprint density at radius 1 is 0.352 bits per heavy atom. The van der Waals surface area contributed by atoms with Crippen LogP contribution in [0.25, 0.3) is 0 Å². The minimum absolute atomic E-state index is 0.0800. The third kappa shape index (κ3) is 57.0. The standard InChI is InChI=1S/C67H111NO3/c1-3-5-7-9-11-13-15-17-19-21-23-24-25-26-27-28-29-30-31-32-33-34-35-36-37-38-39-40-41-42-43-44-45-47-49-51-53-55-57-59-61-63-67(71)68-65(64-69)66(70)62-60-58-56-54-52-50-48-46-22-20-18-16-14-12-10-8-6-4-2/h5,7,11,13,17,19,23-24,26-27,29-30,32-33,35-36,38-39,41-42,44-45,60,62,65-66,69-70H,3-4,6,8-10,12,14-16,18,20-22,25,28,31,34,37,40,43,46-59,61,63-64H2,1-2H3,(H,68,71)/b7-5-,13-11-,19-17-,24-23-,27-26-,30-29-,33-32-,36-35-,39-38-,42-41-,45-44-,62-60+. The Bertz CT molecular complexity index is 1480. The van der Waals surface area contributed by atoms with Crippen LogP contribution in [0.1, 0.15) is 251 Å². The summed E-state index contributed by atoms with van der Waals surface area (Å²) in [6, 6.07) is -0.639. The van der Waals surface area contributed by atoms with Crippen LogP contribution in [-0.2, 0) is 4.79 Å². The summed E-state index contributed by atoms with van der Waals surface area (Å²) in [6.45, 7) is 4.19. The molecule has 0 aliphatic carbocycles. The van der Waals surface area contributed by atoms with Gasteiger partial charge in [-0.2, -0.15) is 0 Å². The summed E-state index contributed by atoms with van der Waals surface area (Å²) in [5.74, 6) is -0.0800. The Labute approximate surface area is 440 Å². The van der Waals surface area contributed by atoms with Gasteiger partial charge in [0.25, 0.3) is 0 Å². The molecular weight excluding hydrogens is 867 g/mol. The van der Waals surface area contributed by atoms with Gasteiger partial charge >= 0.3 is 0 Å². The van der Waals surface area contributed by atoms with Gasteiger partial charge in [0.15, 0.2) is 0 Å². The second-order valence-electron chi connectivity index (χ2n) is 19.3. The molecule has 71 heavy (non-hydrogen) atoms. The van der Waals surface area contributed by atoms with Crippen LogP contribution in [0.5, 0.6) is 0 Å². The van der Waals surface area contributed by atoms with E-state index in [4.69, 9.17) is 0 Å². The number of unbranched alkanes of at least 4 members (excludes halogenated alkanes) is 23. The highest BCUT2D eigenvalue weighted by Crippen LogP contribution is 2.15. The van der Waals surface area contributed by atoms with Crippen molar-refractivity contribution in [2.45, 2.75) is 264 Å². The number of carbonyl (C=O) groups excluding carboxylic acids is 1. The number of rotatable bonds is 52. The van der Waals surface area contributed by atoms with E-state index >= 15 is 0 Å². The fourth-order valence-corrected chi connectivity index (χ4v) is 8.12. The van der Waals surface area contributed by atoms with Crippen molar-refractivity contribution in [3.05, 3.63) is 146 Å². The predicted molar refractivity (Wildman–Crippen MR) is 317 cm³/mol. The van der Waals surface area contributed by atoms with Crippen molar-refractivity contribution in [1.82, 2.24) is 5.32 Å². The SMILES string of the molecule is CC/C=C\C/C=C\C/C=C\C/C=C\C/C=C\C/C=C\C/C=C\C/C=C\C/C=C\C/C=C\C/C=C\CCCCCCCCCC(=O)NC(CO)C(O)/C=C/CCCCCCCCCCCCCCCCCC. The van der Waals surface area contributed by atoms with E-state index in [0.717, 1.165) is 109 Å². The van der Waals surface area contributed by atoms with Gasteiger partial charge in [-0.15, -0.1) is 0 Å². The van der Waals surface area contributed by atoms with Gasteiger partial charge in [0.1, 0.15) is 0 Å². The maximum Gasteiger partial charge on any atom is 0.220 e. The highest BCUT2D eigenvalue weighted by atomic mass is 16.3. The average Bonchev–Trinajstić information content (AvgIpc) is 3.37. The first-order valence-electron chi connectivity index (χ1n) is 29.5. The summed E-state index contributed by atoms with van der Waals surface area (Å²) < 4.78 is 0. The third-order valence-electron chi connectivity index (χ3n) is 12.6. The highest BCUT2D eigenvalue weighted by molar-refractivity contribution is 5.76. The molecule has 0 aliphatic heterocycles. The fraction of sp³-hybridized carbons (Fsp3) is 0.627. The Morgan fingerprint density at radius 3 is 0.930 bits per heavy atom. The Balaban J connectivity index is 3.65. The molecule has 0 aliphatic rings. The van der Waals surface area contributed by atoms with E-state index < -0.39 is 12.1 Å². The number of carbonyl (C=O) groups is 1. The fourth-order valence-electron chi connectivity index (χ4n) is 8.12. The monoisotopic (exact) mass is 978 g/mol. The Kier molecular flexibility index (Phi) is 57.4. The largest absolute Gasteiger partial charge is 0.394 e. The first-order chi connectivity index (χ1) is 35.2. The van der Waals surface area contributed by atoms with Gasteiger partial charge in [-0.3, -0.25) is 4.79 Å². The molecule has 0 heterocycles. The van der Waals surface area contributed by atoms with Gasteiger partial charge in [-0.25, -0.2) is 0 Å². The molecule has 0 spiro atoms. The van der Waals surface area contributed by atoms with Crippen molar-refractivity contribution in [3.63, 3.8) is 0 Å². The number of aliphatic hydroxyl groups is 2. The molecule has 0 aromatic heterocycles. The topological polar surface area (TPSA) is 69.6 Å². The molecule has 0 rings (SSSR count). The number of allylic oxidation sites excluding steroid dienone is 23. The molecule has 0 saturated heterocycles. The molecule has 402 valence electrons. The second-order valence-corrected chi connectivity index (χ2v) is 19.3. The molecule has 2 atom stereocenters. The minimum Gasteiger partial charge on any atom is -0.394 e. The van der Waals surface area contributed by atoms with E-state index in [9.17, 15) is 15.0 Å². The van der Waals surface area contributed by atoms with Crippen LogP contribution < -0.4 is 5.32 Å². The van der Waals surface area contributed by atoms with E-state index in [0.29, 0.717) is 6.42 Å². The van der Waals surface area contributed by atoms with Gasteiger partial charge in [-0.05, 0) is 103 Å². The van der Waals surface area contributed by atoms with Crippen LogP contribution in [0.15, 0.2) is 146 Å². The minimum atomic E-state index is -0.854. The van der Waals surface area contributed by atoms with Gasteiger partial charge in [0, 0.05) is 6.42 Å². The number of aliphatic hydroxyl groups excluding tert-OH is 2. The lowest BCUT2D eigenvalue weighted by Crippen LogP contribution is -2.45. The highest BCUT2D eigenvalue weighted by Gasteiger charge is 2.18. The van der Waals surface area contributed by atoms with Gasteiger partial charge in [0.2, 0.25) is 5.91 Å². The van der Waals surface area contributed by atoms with Crippen LogP contribution in [0.2, 0.25) is 0 Å². The lowest BCUT2D eigenvalue weighted by Gasteiger charge is -2.20. The summed E-state index contributed by atoms with van der Waals surface area (Å²) in [7, 11) is 0. The molecule has 4 nitrogen and oxygen atoms in total. The van der Waals surface area contributed by atoms with Crippen molar-refractivity contribution in [2.24, 2.45) is 0 Å². The zero-order valence-electron chi connectivity index (χ0n) is 46.2. The molecular formula is C67H111NO3. The molecule has 4 heteroatoms. The molecule has 1 amide bonds. The van der Waals surface area contributed by atoms with E-state index in [-0.39, 0.29) is 12.5 Å². The van der Waals surface area contributed by atoms with Crippen LogP contribution in [0.4, 0.5) is 0 Å². The molecule has 0 bridgehead atoms. The molecule has 0 radical (unpaired) electrons. The van der Waals surface area contributed by atoms with Crippen molar-refractivity contribution in [2.75, 3.05) is 6.61 Å². The van der Waals surface area contributed by atoms with Crippen molar-refractivity contribution in [3.8, 4) is 0 Å². The number of hydrogen-bond acceptors (Lipinski definition) is 3. The van der Waals surface area contributed by atoms with Crippen molar-refractivity contribution >= 4 is 5.91 Å². The lowest BCUT2D eigenvalue weighted by molar-refractivity contribution is -0.123. The van der Waals surface area contributed by atoms with Crippen LogP contribution >= 0.6 is 0 Å². The summed E-state index contributed by atoms with van der Waals surface area (Å²) in [4.78, 5) is 12.5.